The Morgan fingerprint density at radius 2 is 1.43 bits per heavy atom. The van der Waals surface area contributed by atoms with E-state index in [-0.39, 0.29) is 15.7 Å². The number of anilines is 1. The van der Waals surface area contributed by atoms with Crippen molar-refractivity contribution in [2.45, 2.75) is 29.6 Å². The minimum atomic E-state index is -3.76. The summed E-state index contributed by atoms with van der Waals surface area (Å²) in [5, 5.41) is 0. The summed E-state index contributed by atoms with van der Waals surface area (Å²) in [5.74, 6) is 0.286. The van der Waals surface area contributed by atoms with Crippen LogP contribution in [0.5, 0.6) is 0 Å². The van der Waals surface area contributed by atoms with Crippen LogP contribution in [0, 0.1) is 0 Å². The van der Waals surface area contributed by atoms with E-state index in [1.54, 1.807) is 18.2 Å². The van der Waals surface area contributed by atoms with Gasteiger partial charge < -0.3 is 0 Å². The zero-order valence-corrected chi connectivity index (χ0v) is 14.8. The Hall–Kier alpha value is -1.86. The van der Waals surface area contributed by atoms with Crippen LogP contribution in [-0.4, -0.2) is 23.1 Å². The highest BCUT2D eigenvalue weighted by Crippen LogP contribution is 2.22. The first-order chi connectivity index (χ1) is 10.6. The van der Waals surface area contributed by atoms with E-state index < -0.39 is 19.9 Å². The Bertz CT molecular complexity index is 899. The average molecular weight is 353 g/mol. The lowest BCUT2D eigenvalue weighted by atomic mass is 10.0. The maximum Gasteiger partial charge on any atom is 0.261 e. The fourth-order valence-corrected chi connectivity index (χ4v) is 3.72. The van der Waals surface area contributed by atoms with Gasteiger partial charge in [0, 0.05) is 11.9 Å². The highest BCUT2D eigenvalue weighted by atomic mass is 32.2. The molecule has 0 aliphatic rings. The molecule has 0 saturated carbocycles. The summed E-state index contributed by atoms with van der Waals surface area (Å²) >= 11 is 0. The van der Waals surface area contributed by atoms with Gasteiger partial charge in [0.2, 0.25) is 0 Å². The number of hydrogen-bond acceptors (Lipinski definition) is 4. The molecule has 0 bridgehead atoms. The first-order valence-corrected chi connectivity index (χ1v) is 10.4. The van der Waals surface area contributed by atoms with Crippen LogP contribution in [0.15, 0.2) is 58.3 Å². The van der Waals surface area contributed by atoms with Gasteiger partial charge in [-0.25, -0.2) is 16.8 Å². The number of sulfonamides is 1. The second-order valence-corrected chi connectivity index (χ2v) is 9.33. The van der Waals surface area contributed by atoms with Crippen LogP contribution in [0.2, 0.25) is 0 Å². The summed E-state index contributed by atoms with van der Waals surface area (Å²) < 4.78 is 50.1. The zero-order valence-electron chi connectivity index (χ0n) is 13.1. The van der Waals surface area contributed by atoms with Gasteiger partial charge in [-0.15, -0.1) is 0 Å². The number of benzene rings is 2. The van der Waals surface area contributed by atoms with Crippen LogP contribution >= 0.6 is 0 Å². The largest absolute Gasteiger partial charge is 0.280 e. The molecule has 0 spiro atoms. The second kappa shape index (κ2) is 6.33. The van der Waals surface area contributed by atoms with Gasteiger partial charge in [-0.05, 0) is 47.9 Å². The molecule has 1 N–H and O–H groups in total. The fraction of sp³-hybridized carbons (Fsp3) is 0.250. The van der Waals surface area contributed by atoms with E-state index in [1.165, 1.54) is 24.3 Å². The van der Waals surface area contributed by atoms with Crippen molar-refractivity contribution >= 4 is 25.5 Å². The molecule has 0 amide bonds. The zero-order chi connectivity index (χ0) is 17.3. The average Bonchev–Trinajstić information content (AvgIpc) is 2.46. The molecule has 0 aliphatic carbocycles. The van der Waals surface area contributed by atoms with E-state index in [4.69, 9.17) is 0 Å². The molecule has 0 heterocycles. The lowest BCUT2D eigenvalue weighted by Crippen LogP contribution is -2.13. The molecule has 2 aromatic rings. The van der Waals surface area contributed by atoms with Gasteiger partial charge in [-0.3, -0.25) is 4.72 Å². The summed E-state index contributed by atoms with van der Waals surface area (Å²) in [6, 6.07) is 12.3. The Morgan fingerprint density at radius 3 is 1.96 bits per heavy atom. The van der Waals surface area contributed by atoms with E-state index in [2.05, 4.69) is 4.72 Å². The second-order valence-electron chi connectivity index (χ2n) is 5.63. The molecule has 2 aromatic carbocycles. The van der Waals surface area contributed by atoms with E-state index in [0.717, 1.165) is 11.8 Å². The molecule has 0 fully saturated rings. The van der Waals surface area contributed by atoms with E-state index in [1.807, 2.05) is 19.9 Å². The SMILES string of the molecule is CC(C)c1cccc(NS(=O)(=O)c2ccc(S(C)(=O)=O)cc2)c1. The van der Waals surface area contributed by atoms with Crippen molar-refractivity contribution in [2.24, 2.45) is 0 Å². The summed E-state index contributed by atoms with van der Waals surface area (Å²) in [4.78, 5) is 0.0955. The highest BCUT2D eigenvalue weighted by Gasteiger charge is 2.16. The maximum absolute atomic E-state index is 12.4. The topological polar surface area (TPSA) is 80.3 Å². The van der Waals surface area contributed by atoms with E-state index in [9.17, 15) is 16.8 Å². The lowest BCUT2D eigenvalue weighted by molar-refractivity contribution is 0.597. The van der Waals surface area contributed by atoms with E-state index in [0.29, 0.717) is 5.69 Å². The molecule has 0 unspecified atom stereocenters. The summed E-state index contributed by atoms with van der Waals surface area (Å²) in [6.07, 6.45) is 1.08. The van der Waals surface area contributed by atoms with Crippen molar-refractivity contribution in [1.82, 2.24) is 0 Å². The van der Waals surface area contributed by atoms with Gasteiger partial charge in [-0.2, -0.15) is 0 Å². The quantitative estimate of drug-likeness (QED) is 0.896. The highest BCUT2D eigenvalue weighted by molar-refractivity contribution is 7.92. The third-order valence-corrected chi connectivity index (χ3v) is 5.89. The number of nitrogens with one attached hydrogen (secondary N) is 1. The van der Waals surface area contributed by atoms with E-state index >= 15 is 0 Å². The Labute approximate surface area is 137 Å². The Balaban J connectivity index is 2.30. The third-order valence-electron chi connectivity index (χ3n) is 3.37. The Kier molecular flexibility index (Phi) is 4.81. The molecule has 2 rings (SSSR count). The molecule has 7 heteroatoms. The standard InChI is InChI=1S/C16H19NO4S2/c1-12(2)13-5-4-6-14(11-13)17-23(20,21)16-9-7-15(8-10-16)22(3,18)19/h4-12,17H,1-3H3. The van der Waals surface area contributed by atoms with Crippen LogP contribution in [0.3, 0.4) is 0 Å². The molecule has 5 nitrogen and oxygen atoms in total. The maximum atomic E-state index is 12.4. The van der Waals surface area contributed by atoms with Gasteiger partial charge in [0.1, 0.15) is 0 Å². The normalized spacial score (nSPS) is 12.3. The lowest BCUT2D eigenvalue weighted by Gasteiger charge is -2.11. The monoisotopic (exact) mass is 353 g/mol. The minimum absolute atomic E-state index is 0.0138. The van der Waals surface area contributed by atoms with Crippen molar-refractivity contribution < 1.29 is 16.8 Å². The number of rotatable bonds is 5. The smallest absolute Gasteiger partial charge is 0.261 e. The predicted molar refractivity (Wildman–Crippen MR) is 90.9 cm³/mol. The summed E-state index contributed by atoms with van der Waals surface area (Å²) in [5.41, 5.74) is 1.50. The number of hydrogen-bond donors (Lipinski definition) is 1. The molecule has 0 aliphatic heterocycles. The van der Waals surface area contributed by atoms with Crippen molar-refractivity contribution in [3.8, 4) is 0 Å². The van der Waals surface area contributed by atoms with Crippen molar-refractivity contribution in [3.05, 3.63) is 54.1 Å². The minimum Gasteiger partial charge on any atom is -0.280 e. The fourth-order valence-electron chi connectivity index (χ4n) is 2.04. The van der Waals surface area contributed by atoms with Gasteiger partial charge in [0.05, 0.1) is 9.79 Å². The molecule has 0 radical (unpaired) electrons. The van der Waals surface area contributed by atoms with Crippen LogP contribution in [-0.2, 0) is 19.9 Å². The van der Waals surface area contributed by atoms with Gasteiger partial charge in [0.25, 0.3) is 10.0 Å². The van der Waals surface area contributed by atoms with Gasteiger partial charge >= 0.3 is 0 Å². The van der Waals surface area contributed by atoms with Gasteiger partial charge in [-0.1, -0.05) is 26.0 Å². The number of sulfone groups is 1. The van der Waals surface area contributed by atoms with Crippen molar-refractivity contribution in [1.29, 1.82) is 0 Å². The van der Waals surface area contributed by atoms with Crippen LogP contribution in [0.4, 0.5) is 5.69 Å². The molecule has 0 aromatic heterocycles. The Morgan fingerprint density at radius 1 is 0.870 bits per heavy atom. The summed E-state index contributed by atoms with van der Waals surface area (Å²) in [7, 11) is -7.12. The summed E-state index contributed by atoms with van der Waals surface area (Å²) in [6.45, 7) is 4.05. The van der Waals surface area contributed by atoms with Gasteiger partial charge in [0.15, 0.2) is 9.84 Å². The van der Waals surface area contributed by atoms with Crippen molar-refractivity contribution in [3.63, 3.8) is 0 Å². The van der Waals surface area contributed by atoms with Crippen LogP contribution in [0.1, 0.15) is 25.3 Å². The first-order valence-electron chi connectivity index (χ1n) is 7.02. The first kappa shape index (κ1) is 17.5. The molecule has 0 saturated heterocycles. The molecular weight excluding hydrogens is 334 g/mol. The molecule has 0 atom stereocenters. The predicted octanol–water partition coefficient (Wildman–Crippen LogP) is 3.01. The third kappa shape index (κ3) is 4.33. The molecule has 23 heavy (non-hydrogen) atoms. The van der Waals surface area contributed by atoms with Crippen molar-refractivity contribution in [2.75, 3.05) is 11.0 Å². The molecular formula is C16H19NO4S2. The van der Waals surface area contributed by atoms with Crippen LogP contribution < -0.4 is 4.72 Å². The molecule has 124 valence electrons. The van der Waals surface area contributed by atoms with Crippen LogP contribution in [0.25, 0.3) is 0 Å².